The normalized spacial score (nSPS) is 58.7. The topological polar surface area (TPSA) is 26.3 Å². The lowest BCUT2D eigenvalue weighted by molar-refractivity contribution is -0.232. The minimum Gasteiger partial charge on any atom is -0.461 e. The molecule has 3 unspecified atom stereocenters. The van der Waals surface area contributed by atoms with Crippen LogP contribution >= 0.6 is 0 Å². The van der Waals surface area contributed by atoms with Gasteiger partial charge in [0.25, 0.3) is 6.47 Å². The molecular formula is C14H22O2. The number of carbonyl (C=O) groups is 1. The van der Waals surface area contributed by atoms with Crippen LogP contribution in [0.3, 0.4) is 0 Å². The van der Waals surface area contributed by atoms with E-state index >= 15 is 0 Å². The highest BCUT2D eigenvalue weighted by Crippen LogP contribution is 2.68. The van der Waals surface area contributed by atoms with Gasteiger partial charge in [0, 0.05) is 0 Å². The van der Waals surface area contributed by atoms with Crippen LogP contribution in [0.4, 0.5) is 0 Å². The Morgan fingerprint density at radius 3 is 2.19 bits per heavy atom. The number of hydrogen-bond donors (Lipinski definition) is 0. The van der Waals surface area contributed by atoms with Crippen LogP contribution in [-0.2, 0) is 9.53 Å². The highest BCUT2D eigenvalue weighted by atomic mass is 16.5. The van der Waals surface area contributed by atoms with Crippen molar-refractivity contribution in [3.05, 3.63) is 0 Å². The molecule has 0 aromatic rings. The molecule has 4 aliphatic rings. The van der Waals surface area contributed by atoms with Crippen LogP contribution in [0.15, 0.2) is 0 Å². The highest BCUT2D eigenvalue weighted by molar-refractivity contribution is 5.39. The first-order valence-electron chi connectivity index (χ1n) is 6.52. The predicted octanol–water partition coefficient (Wildman–Crippen LogP) is 3.15. The third kappa shape index (κ3) is 1.22. The Labute approximate surface area is 97.7 Å². The van der Waals surface area contributed by atoms with E-state index in [9.17, 15) is 4.79 Å². The van der Waals surface area contributed by atoms with Crippen molar-refractivity contribution in [3.63, 3.8) is 0 Å². The predicted molar refractivity (Wildman–Crippen MR) is 61.8 cm³/mol. The van der Waals surface area contributed by atoms with Gasteiger partial charge in [-0.2, -0.15) is 0 Å². The summed E-state index contributed by atoms with van der Waals surface area (Å²) >= 11 is 0. The smallest absolute Gasteiger partial charge is 0.293 e. The zero-order chi connectivity index (χ0) is 11.6. The maximum absolute atomic E-state index is 10.8. The molecule has 2 heteroatoms. The van der Waals surface area contributed by atoms with Crippen molar-refractivity contribution in [2.75, 3.05) is 0 Å². The molecule has 4 fully saturated rings. The van der Waals surface area contributed by atoms with Crippen molar-refractivity contribution in [1.29, 1.82) is 0 Å². The van der Waals surface area contributed by atoms with E-state index in [1.54, 1.807) is 0 Å². The second-order valence-corrected chi connectivity index (χ2v) is 7.39. The molecule has 0 aromatic heterocycles. The number of hydrogen-bond acceptors (Lipinski definition) is 2. The number of carbonyl (C=O) groups excluding carboxylic acids is 1. The van der Waals surface area contributed by atoms with Gasteiger partial charge in [0.05, 0.1) is 0 Å². The van der Waals surface area contributed by atoms with Crippen molar-refractivity contribution in [2.45, 2.75) is 58.5 Å². The Balaban J connectivity index is 2.03. The van der Waals surface area contributed by atoms with E-state index in [1.165, 1.54) is 19.3 Å². The lowest BCUT2D eigenvalue weighted by Crippen LogP contribution is -2.63. The van der Waals surface area contributed by atoms with Crippen LogP contribution in [0.25, 0.3) is 0 Å². The number of rotatable bonds is 2. The maximum Gasteiger partial charge on any atom is 0.293 e. The Morgan fingerprint density at radius 2 is 1.69 bits per heavy atom. The van der Waals surface area contributed by atoms with E-state index in [-0.39, 0.29) is 5.60 Å². The first kappa shape index (κ1) is 10.6. The fourth-order valence-electron chi connectivity index (χ4n) is 5.68. The maximum atomic E-state index is 10.8. The van der Waals surface area contributed by atoms with Crippen LogP contribution in [-0.4, -0.2) is 12.1 Å². The zero-order valence-corrected chi connectivity index (χ0v) is 10.6. The Hall–Kier alpha value is -0.530. The summed E-state index contributed by atoms with van der Waals surface area (Å²) in [6, 6.07) is 0. The van der Waals surface area contributed by atoms with Gasteiger partial charge in [0.1, 0.15) is 5.60 Å². The summed E-state index contributed by atoms with van der Waals surface area (Å²) in [6.45, 7) is 7.77. The van der Waals surface area contributed by atoms with E-state index in [0.29, 0.717) is 23.2 Å². The largest absolute Gasteiger partial charge is 0.461 e. The van der Waals surface area contributed by atoms with E-state index < -0.39 is 0 Å². The molecule has 0 amide bonds. The average Bonchev–Trinajstić information content (AvgIpc) is 2.10. The first-order chi connectivity index (χ1) is 7.40. The molecule has 90 valence electrons. The van der Waals surface area contributed by atoms with Crippen molar-refractivity contribution < 1.29 is 9.53 Å². The molecule has 0 spiro atoms. The molecule has 0 saturated heterocycles. The summed E-state index contributed by atoms with van der Waals surface area (Å²) in [5, 5.41) is 0. The average molecular weight is 222 g/mol. The lowest BCUT2D eigenvalue weighted by atomic mass is 9.41. The molecular weight excluding hydrogens is 200 g/mol. The van der Waals surface area contributed by atoms with E-state index in [2.05, 4.69) is 20.8 Å². The Bertz CT molecular complexity index is 318. The molecule has 0 radical (unpaired) electrons. The van der Waals surface area contributed by atoms with Gasteiger partial charge in [-0.1, -0.05) is 20.8 Å². The zero-order valence-electron chi connectivity index (χ0n) is 10.6. The van der Waals surface area contributed by atoms with E-state index in [1.807, 2.05) is 0 Å². The van der Waals surface area contributed by atoms with Gasteiger partial charge in [-0.05, 0) is 54.8 Å². The monoisotopic (exact) mass is 222 g/mol. The second-order valence-electron chi connectivity index (χ2n) is 7.39. The summed E-state index contributed by atoms with van der Waals surface area (Å²) in [5.41, 5.74) is 0.710. The molecule has 0 N–H and O–H groups in total. The summed E-state index contributed by atoms with van der Waals surface area (Å²) < 4.78 is 5.60. The molecule has 2 nitrogen and oxygen atoms in total. The van der Waals surface area contributed by atoms with Crippen molar-refractivity contribution in [2.24, 2.45) is 22.7 Å². The van der Waals surface area contributed by atoms with E-state index in [0.717, 1.165) is 18.8 Å². The van der Waals surface area contributed by atoms with Gasteiger partial charge >= 0.3 is 0 Å². The van der Waals surface area contributed by atoms with Crippen LogP contribution < -0.4 is 0 Å². The fraction of sp³-hybridized carbons (Fsp3) is 0.929. The van der Waals surface area contributed by atoms with E-state index in [4.69, 9.17) is 4.74 Å². The Kier molecular flexibility index (Phi) is 1.88. The molecule has 0 aliphatic heterocycles. The molecule has 16 heavy (non-hydrogen) atoms. The van der Waals surface area contributed by atoms with Gasteiger partial charge < -0.3 is 4.74 Å². The molecule has 4 aliphatic carbocycles. The van der Waals surface area contributed by atoms with Gasteiger partial charge in [0.2, 0.25) is 0 Å². The minimum atomic E-state index is -0.134. The molecule has 0 heterocycles. The van der Waals surface area contributed by atoms with Gasteiger partial charge in [-0.15, -0.1) is 0 Å². The SMILES string of the molecule is CC1C2CC3(C)CC(C)(C2)CC1(OC=O)C3. The third-order valence-electron chi connectivity index (χ3n) is 5.64. The quantitative estimate of drug-likeness (QED) is 0.671. The van der Waals surface area contributed by atoms with Gasteiger partial charge in [-0.25, -0.2) is 0 Å². The fourth-order valence-corrected chi connectivity index (χ4v) is 5.68. The molecule has 0 aromatic carbocycles. The summed E-state index contributed by atoms with van der Waals surface area (Å²) in [4.78, 5) is 10.8. The van der Waals surface area contributed by atoms with Gasteiger partial charge in [0.15, 0.2) is 0 Å². The highest BCUT2D eigenvalue weighted by Gasteiger charge is 2.64. The van der Waals surface area contributed by atoms with Crippen LogP contribution in [0.1, 0.15) is 52.9 Å². The van der Waals surface area contributed by atoms with Gasteiger partial charge in [-0.3, -0.25) is 4.79 Å². The van der Waals surface area contributed by atoms with Crippen LogP contribution in [0, 0.1) is 22.7 Å². The second kappa shape index (κ2) is 2.83. The molecule has 3 atom stereocenters. The number of ether oxygens (including phenoxy) is 1. The summed E-state index contributed by atoms with van der Waals surface area (Å²) in [7, 11) is 0. The molecule has 4 saturated carbocycles. The lowest BCUT2D eigenvalue weighted by Gasteiger charge is -2.66. The van der Waals surface area contributed by atoms with Crippen molar-refractivity contribution in [3.8, 4) is 0 Å². The molecule has 4 bridgehead atoms. The van der Waals surface area contributed by atoms with Crippen molar-refractivity contribution >= 4 is 6.47 Å². The molecule has 4 rings (SSSR count). The van der Waals surface area contributed by atoms with Crippen LogP contribution in [0.5, 0.6) is 0 Å². The Morgan fingerprint density at radius 1 is 1.12 bits per heavy atom. The summed E-state index contributed by atoms with van der Waals surface area (Å²) in [5.74, 6) is 1.32. The minimum absolute atomic E-state index is 0.134. The standard InChI is InChI=1S/C14H22O2/c1-10-11-4-12(2)6-13(3,5-11)8-14(10,7-12)16-9-15/h9-11H,4-8H2,1-3H3. The van der Waals surface area contributed by atoms with Crippen molar-refractivity contribution in [1.82, 2.24) is 0 Å². The third-order valence-corrected chi connectivity index (χ3v) is 5.64. The summed E-state index contributed by atoms with van der Waals surface area (Å²) in [6.07, 6.45) is 6.19. The van der Waals surface area contributed by atoms with Crippen LogP contribution in [0.2, 0.25) is 0 Å². The first-order valence-corrected chi connectivity index (χ1v) is 6.52.